The lowest BCUT2D eigenvalue weighted by Crippen LogP contribution is -2.50. The van der Waals surface area contributed by atoms with Gasteiger partial charge in [0.25, 0.3) is 0 Å². The first-order valence-electron chi connectivity index (χ1n) is 3.95. The molecule has 0 unspecified atom stereocenters. The van der Waals surface area contributed by atoms with Crippen molar-refractivity contribution >= 4 is 0 Å². The molecule has 0 atom stereocenters. The Balaban J connectivity index is 4.64. The molecular formula is C6H8F7NO3. The Morgan fingerprint density at radius 1 is 0.882 bits per heavy atom. The molecular weight excluding hydrogens is 267 g/mol. The molecule has 0 aromatic heterocycles. The molecule has 17 heavy (non-hydrogen) atoms. The molecule has 0 saturated carbocycles. The van der Waals surface area contributed by atoms with Crippen molar-refractivity contribution in [3.63, 3.8) is 0 Å². The van der Waals surface area contributed by atoms with E-state index in [1.807, 2.05) is 0 Å². The molecule has 11 heteroatoms. The van der Waals surface area contributed by atoms with Crippen molar-refractivity contribution in [2.45, 2.75) is 18.5 Å². The highest BCUT2D eigenvalue weighted by Gasteiger charge is 2.64. The van der Waals surface area contributed by atoms with Gasteiger partial charge in [-0.25, -0.2) is 9.13 Å². The molecule has 0 aliphatic heterocycles. The van der Waals surface area contributed by atoms with Gasteiger partial charge in [-0.15, -0.1) is 8.78 Å². The maximum atomic E-state index is 12.5. The van der Waals surface area contributed by atoms with Crippen LogP contribution in [0.25, 0.3) is 0 Å². The van der Waals surface area contributed by atoms with E-state index >= 15 is 0 Å². The third-order valence-corrected chi connectivity index (χ3v) is 1.21. The number of nitrogens with two attached hydrogens (primary N) is 1. The van der Waals surface area contributed by atoms with E-state index in [0.717, 1.165) is 0 Å². The number of hydrogen-bond acceptors (Lipinski definition) is 4. The first kappa shape index (κ1) is 16.4. The number of halogens is 7. The predicted octanol–water partition coefficient (Wildman–Crippen LogP) is 1.66. The van der Waals surface area contributed by atoms with Gasteiger partial charge in [0, 0.05) is 6.54 Å². The summed E-state index contributed by atoms with van der Waals surface area (Å²) in [5.41, 5.74) is 4.69. The summed E-state index contributed by atoms with van der Waals surface area (Å²) in [6.07, 6.45) is -16.3. The summed E-state index contributed by atoms with van der Waals surface area (Å²) < 4.78 is 94.2. The lowest BCUT2D eigenvalue weighted by atomic mass is 10.5. The average molecular weight is 275 g/mol. The summed E-state index contributed by atoms with van der Waals surface area (Å²) in [6, 6.07) is 0. The van der Waals surface area contributed by atoms with Crippen LogP contribution >= 0.6 is 0 Å². The smallest absolute Gasteiger partial charge is 0.328 e. The topological polar surface area (TPSA) is 53.7 Å². The predicted molar refractivity (Wildman–Crippen MR) is 38.0 cm³/mol. The highest BCUT2D eigenvalue weighted by atomic mass is 19.3. The van der Waals surface area contributed by atoms with Crippen molar-refractivity contribution in [2.75, 3.05) is 20.0 Å². The molecule has 0 aromatic carbocycles. The monoisotopic (exact) mass is 275 g/mol. The highest BCUT2D eigenvalue weighted by Crippen LogP contribution is 2.40. The maximum absolute atomic E-state index is 12.5. The number of alkyl halides is 7. The molecule has 0 rings (SSSR count). The van der Waals surface area contributed by atoms with Crippen LogP contribution < -0.4 is 5.73 Å². The molecule has 0 amide bonds. The Morgan fingerprint density at radius 3 is 1.82 bits per heavy atom. The summed E-state index contributed by atoms with van der Waals surface area (Å²) in [4.78, 5) is 0. The van der Waals surface area contributed by atoms with E-state index in [-0.39, 0.29) is 0 Å². The van der Waals surface area contributed by atoms with E-state index in [2.05, 4.69) is 19.9 Å². The number of ether oxygens (including phenoxy) is 3. The van der Waals surface area contributed by atoms with Crippen LogP contribution in [0, 0.1) is 0 Å². The minimum Gasteiger partial charge on any atom is -0.328 e. The van der Waals surface area contributed by atoms with Crippen molar-refractivity contribution in [1.82, 2.24) is 0 Å². The Labute approximate surface area is 90.4 Å². The molecule has 0 fully saturated rings. The van der Waals surface area contributed by atoms with Crippen molar-refractivity contribution in [3.8, 4) is 0 Å². The SMILES string of the molecule is NCCOC(F)(F)C(F)(F)OC(F)(F)OCF. The van der Waals surface area contributed by atoms with Crippen LogP contribution in [0.5, 0.6) is 0 Å². The van der Waals surface area contributed by atoms with Gasteiger partial charge in [-0.3, -0.25) is 4.74 Å². The molecule has 0 aromatic rings. The Bertz CT molecular complexity index is 238. The van der Waals surface area contributed by atoms with Gasteiger partial charge in [-0.05, 0) is 0 Å². The second kappa shape index (κ2) is 5.80. The summed E-state index contributed by atoms with van der Waals surface area (Å²) in [5, 5.41) is 0. The van der Waals surface area contributed by atoms with Gasteiger partial charge in [0.2, 0.25) is 0 Å². The highest BCUT2D eigenvalue weighted by molar-refractivity contribution is 4.67. The van der Waals surface area contributed by atoms with E-state index in [1.165, 1.54) is 0 Å². The van der Waals surface area contributed by atoms with Crippen molar-refractivity contribution in [3.05, 3.63) is 0 Å². The fourth-order valence-corrected chi connectivity index (χ4v) is 0.573. The lowest BCUT2D eigenvalue weighted by molar-refractivity contribution is -0.528. The average Bonchev–Trinajstić information content (AvgIpc) is 2.12. The molecule has 0 aliphatic carbocycles. The zero-order valence-electron chi connectivity index (χ0n) is 8.07. The van der Waals surface area contributed by atoms with E-state index < -0.39 is 38.5 Å². The molecule has 0 saturated heterocycles. The van der Waals surface area contributed by atoms with Crippen LogP contribution in [-0.4, -0.2) is 38.5 Å². The fourth-order valence-electron chi connectivity index (χ4n) is 0.573. The summed E-state index contributed by atoms with van der Waals surface area (Å²) >= 11 is 0. The third-order valence-electron chi connectivity index (χ3n) is 1.21. The van der Waals surface area contributed by atoms with E-state index in [0.29, 0.717) is 0 Å². The third kappa shape index (κ3) is 5.02. The van der Waals surface area contributed by atoms with Gasteiger partial charge in [0.1, 0.15) is 0 Å². The van der Waals surface area contributed by atoms with Crippen molar-refractivity contribution < 1.29 is 44.9 Å². The molecule has 4 nitrogen and oxygen atoms in total. The Hall–Kier alpha value is -0.650. The second-order valence-electron chi connectivity index (χ2n) is 2.49. The minimum atomic E-state index is -5.72. The lowest BCUT2D eigenvalue weighted by Gasteiger charge is -2.27. The molecule has 0 aliphatic rings. The van der Waals surface area contributed by atoms with Gasteiger partial charge in [0.05, 0.1) is 6.61 Å². The largest absolute Gasteiger partial charge is 0.492 e. The summed E-state index contributed by atoms with van der Waals surface area (Å²) in [7, 11) is 0. The number of rotatable bonds is 8. The van der Waals surface area contributed by atoms with E-state index in [1.54, 1.807) is 0 Å². The van der Waals surface area contributed by atoms with E-state index in [4.69, 9.17) is 0 Å². The first-order chi connectivity index (χ1) is 7.58. The normalized spacial score (nSPS) is 14.1. The van der Waals surface area contributed by atoms with Crippen molar-refractivity contribution in [1.29, 1.82) is 0 Å². The second-order valence-corrected chi connectivity index (χ2v) is 2.49. The van der Waals surface area contributed by atoms with Gasteiger partial charge < -0.3 is 10.5 Å². The standard InChI is InChI=1S/C6H8F7NO3/c7-3-16-6(12,13)17-5(10,11)4(8,9)15-2-1-14/h1-3,14H2. The molecule has 0 bridgehead atoms. The molecule has 2 N–H and O–H groups in total. The summed E-state index contributed by atoms with van der Waals surface area (Å²) in [6.45, 7) is -3.79. The minimum absolute atomic E-state index is 0.553. The van der Waals surface area contributed by atoms with Gasteiger partial charge >= 0.3 is 18.5 Å². The van der Waals surface area contributed by atoms with Gasteiger partial charge in [-0.2, -0.15) is 17.6 Å². The van der Waals surface area contributed by atoms with Crippen molar-refractivity contribution in [2.24, 2.45) is 5.73 Å². The Morgan fingerprint density at radius 2 is 1.41 bits per heavy atom. The zero-order chi connectivity index (χ0) is 13.7. The van der Waals surface area contributed by atoms with E-state index in [9.17, 15) is 30.7 Å². The zero-order valence-corrected chi connectivity index (χ0v) is 8.07. The molecule has 0 spiro atoms. The molecule has 0 radical (unpaired) electrons. The van der Waals surface area contributed by atoms with Crippen LogP contribution in [0.2, 0.25) is 0 Å². The van der Waals surface area contributed by atoms with Crippen LogP contribution in [-0.2, 0) is 14.2 Å². The van der Waals surface area contributed by atoms with Crippen LogP contribution in [0.1, 0.15) is 0 Å². The van der Waals surface area contributed by atoms with Crippen LogP contribution in [0.4, 0.5) is 30.7 Å². The summed E-state index contributed by atoms with van der Waals surface area (Å²) in [5.74, 6) is 0. The molecule has 104 valence electrons. The molecule has 0 heterocycles. The van der Waals surface area contributed by atoms with Gasteiger partial charge in [0.15, 0.2) is 6.86 Å². The van der Waals surface area contributed by atoms with Gasteiger partial charge in [-0.1, -0.05) is 0 Å². The Kier molecular flexibility index (Phi) is 5.58. The first-order valence-corrected chi connectivity index (χ1v) is 3.95. The fraction of sp³-hybridized carbons (Fsp3) is 1.00. The maximum Gasteiger partial charge on any atom is 0.492 e. The van der Waals surface area contributed by atoms with Crippen LogP contribution in [0.15, 0.2) is 0 Å². The van der Waals surface area contributed by atoms with Crippen LogP contribution in [0.3, 0.4) is 0 Å². The quantitative estimate of drug-likeness (QED) is 0.540. The number of hydrogen-bond donors (Lipinski definition) is 1.